The maximum Gasteiger partial charge on any atom is 0.245 e. The van der Waals surface area contributed by atoms with E-state index in [1.807, 2.05) is 43.0 Å². The first-order valence-electron chi connectivity index (χ1n) is 9.52. The van der Waals surface area contributed by atoms with E-state index in [9.17, 15) is 14.4 Å². The summed E-state index contributed by atoms with van der Waals surface area (Å²) in [4.78, 5) is 41.5. The van der Waals surface area contributed by atoms with E-state index in [1.54, 1.807) is 4.90 Å². The molecule has 1 aromatic rings. The van der Waals surface area contributed by atoms with Gasteiger partial charge in [0, 0.05) is 30.5 Å². The average molecular weight is 436 g/mol. The third kappa shape index (κ3) is 4.34. The summed E-state index contributed by atoms with van der Waals surface area (Å²) >= 11 is 3.46. The normalized spacial score (nSPS) is 21.0. The largest absolute Gasteiger partial charge is 0.344 e. The number of halogens is 1. The van der Waals surface area contributed by atoms with Gasteiger partial charge in [-0.15, -0.1) is 0 Å². The zero-order chi connectivity index (χ0) is 19.6. The lowest BCUT2D eigenvalue weighted by molar-refractivity contribution is -0.137. The Balaban J connectivity index is 1.67. The van der Waals surface area contributed by atoms with Gasteiger partial charge in [-0.2, -0.15) is 0 Å². The van der Waals surface area contributed by atoms with Gasteiger partial charge in [0.15, 0.2) is 0 Å². The molecule has 0 bridgehead atoms. The summed E-state index contributed by atoms with van der Waals surface area (Å²) in [6, 6.07) is 6.94. The molecule has 2 fully saturated rings. The van der Waals surface area contributed by atoms with E-state index >= 15 is 0 Å². The number of para-hydroxylation sites is 1. The number of carbonyl (C=O) groups is 3. The van der Waals surface area contributed by atoms with Gasteiger partial charge >= 0.3 is 0 Å². The van der Waals surface area contributed by atoms with E-state index in [1.165, 1.54) is 0 Å². The molecule has 2 atom stereocenters. The van der Waals surface area contributed by atoms with Gasteiger partial charge in [0.1, 0.15) is 6.04 Å². The second-order valence-corrected chi connectivity index (χ2v) is 8.47. The fourth-order valence-electron chi connectivity index (χ4n) is 3.71. The second-order valence-electron chi connectivity index (χ2n) is 7.62. The predicted octanol–water partition coefficient (Wildman–Crippen LogP) is 2.57. The number of benzene rings is 1. The SMILES string of the molecule is CC(C)[C@H](NC(=O)C1CC(=O)N(c2ccccc2Br)C1)C(=O)N1CCCC1. The molecule has 1 aromatic carbocycles. The van der Waals surface area contributed by atoms with Gasteiger partial charge in [-0.05, 0) is 46.8 Å². The Morgan fingerprint density at radius 1 is 1.19 bits per heavy atom. The Morgan fingerprint density at radius 2 is 1.85 bits per heavy atom. The quantitative estimate of drug-likeness (QED) is 0.772. The van der Waals surface area contributed by atoms with Crippen molar-refractivity contribution in [1.29, 1.82) is 0 Å². The second kappa shape index (κ2) is 8.42. The van der Waals surface area contributed by atoms with Crippen molar-refractivity contribution in [1.82, 2.24) is 10.2 Å². The Hall–Kier alpha value is -1.89. The maximum atomic E-state index is 12.8. The van der Waals surface area contributed by atoms with Crippen LogP contribution in [0.4, 0.5) is 5.69 Å². The zero-order valence-corrected chi connectivity index (χ0v) is 17.4. The smallest absolute Gasteiger partial charge is 0.245 e. The number of hydrogen-bond donors (Lipinski definition) is 1. The van der Waals surface area contributed by atoms with Crippen molar-refractivity contribution in [3.05, 3.63) is 28.7 Å². The Kier molecular flexibility index (Phi) is 6.19. The average Bonchev–Trinajstić information content (AvgIpc) is 3.29. The minimum Gasteiger partial charge on any atom is -0.344 e. The summed E-state index contributed by atoms with van der Waals surface area (Å²) in [7, 11) is 0. The third-order valence-electron chi connectivity index (χ3n) is 5.29. The van der Waals surface area contributed by atoms with Crippen LogP contribution in [0.5, 0.6) is 0 Å². The van der Waals surface area contributed by atoms with Crippen LogP contribution in [-0.2, 0) is 14.4 Å². The van der Waals surface area contributed by atoms with Crippen molar-refractivity contribution < 1.29 is 14.4 Å². The van der Waals surface area contributed by atoms with Crippen LogP contribution in [-0.4, -0.2) is 48.3 Å². The maximum absolute atomic E-state index is 12.8. The summed E-state index contributed by atoms with van der Waals surface area (Å²) < 4.78 is 0.823. The van der Waals surface area contributed by atoms with Crippen LogP contribution in [0.15, 0.2) is 28.7 Å². The van der Waals surface area contributed by atoms with E-state index in [0.717, 1.165) is 36.1 Å². The highest BCUT2D eigenvalue weighted by Gasteiger charge is 2.38. The molecule has 7 heteroatoms. The van der Waals surface area contributed by atoms with Crippen LogP contribution in [0, 0.1) is 11.8 Å². The first kappa shape index (κ1) is 19.9. The molecule has 2 aliphatic heterocycles. The summed E-state index contributed by atoms with van der Waals surface area (Å²) in [5, 5.41) is 2.92. The number of anilines is 1. The Morgan fingerprint density at radius 3 is 2.48 bits per heavy atom. The molecule has 0 saturated carbocycles. The van der Waals surface area contributed by atoms with Gasteiger partial charge < -0.3 is 15.1 Å². The van der Waals surface area contributed by atoms with Crippen molar-refractivity contribution >= 4 is 39.3 Å². The van der Waals surface area contributed by atoms with Gasteiger partial charge in [-0.25, -0.2) is 0 Å². The number of carbonyl (C=O) groups excluding carboxylic acids is 3. The molecule has 3 rings (SSSR count). The molecule has 3 amide bonds. The molecule has 0 radical (unpaired) electrons. The van der Waals surface area contributed by atoms with Crippen molar-refractivity contribution in [3.8, 4) is 0 Å². The molecule has 1 unspecified atom stereocenters. The molecule has 2 aliphatic rings. The van der Waals surface area contributed by atoms with Crippen molar-refractivity contribution in [2.45, 2.75) is 39.2 Å². The van der Waals surface area contributed by atoms with Crippen LogP contribution in [0.3, 0.4) is 0 Å². The molecule has 2 heterocycles. The summed E-state index contributed by atoms with van der Waals surface area (Å²) in [5.74, 6) is -0.753. The molecular formula is C20H26BrN3O3. The van der Waals surface area contributed by atoms with Crippen molar-refractivity contribution in [3.63, 3.8) is 0 Å². The molecule has 0 spiro atoms. The number of amides is 3. The lowest BCUT2D eigenvalue weighted by Crippen LogP contribution is -2.52. The highest BCUT2D eigenvalue weighted by atomic mass is 79.9. The zero-order valence-electron chi connectivity index (χ0n) is 15.8. The van der Waals surface area contributed by atoms with Crippen molar-refractivity contribution in [2.24, 2.45) is 11.8 Å². The van der Waals surface area contributed by atoms with Crippen LogP contribution >= 0.6 is 15.9 Å². The predicted molar refractivity (Wildman–Crippen MR) is 107 cm³/mol. The summed E-state index contributed by atoms with van der Waals surface area (Å²) in [5.41, 5.74) is 0.770. The van der Waals surface area contributed by atoms with Gasteiger partial charge in [0.25, 0.3) is 0 Å². The van der Waals surface area contributed by atoms with Crippen LogP contribution < -0.4 is 10.2 Å². The number of likely N-dealkylation sites (tertiary alicyclic amines) is 1. The third-order valence-corrected chi connectivity index (χ3v) is 5.96. The minimum atomic E-state index is -0.539. The lowest BCUT2D eigenvalue weighted by atomic mass is 10.0. The van der Waals surface area contributed by atoms with Crippen LogP contribution in [0.25, 0.3) is 0 Å². The van der Waals surface area contributed by atoms with Crippen molar-refractivity contribution in [2.75, 3.05) is 24.5 Å². The first-order valence-corrected chi connectivity index (χ1v) is 10.3. The highest BCUT2D eigenvalue weighted by molar-refractivity contribution is 9.10. The standard InChI is InChI=1S/C20H26BrN3O3/c1-13(2)18(20(27)23-9-5-6-10-23)22-19(26)14-11-17(25)24(12-14)16-8-4-3-7-15(16)21/h3-4,7-8,13-14,18H,5-6,9-12H2,1-2H3,(H,22,26)/t14?,18-/m0/s1. The topological polar surface area (TPSA) is 69.7 Å². The molecule has 146 valence electrons. The number of nitrogens with zero attached hydrogens (tertiary/aromatic N) is 2. The molecule has 2 saturated heterocycles. The number of hydrogen-bond acceptors (Lipinski definition) is 3. The van der Waals surface area contributed by atoms with E-state index in [-0.39, 0.29) is 30.1 Å². The fourth-order valence-corrected chi connectivity index (χ4v) is 4.20. The molecule has 27 heavy (non-hydrogen) atoms. The van der Waals surface area contributed by atoms with Crippen LogP contribution in [0.1, 0.15) is 33.1 Å². The highest BCUT2D eigenvalue weighted by Crippen LogP contribution is 2.31. The van der Waals surface area contributed by atoms with Gasteiger partial charge in [-0.1, -0.05) is 26.0 Å². The summed E-state index contributed by atoms with van der Waals surface area (Å²) in [6.07, 6.45) is 2.20. The molecule has 6 nitrogen and oxygen atoms in total. The monoisotopic (exact) mass is 435 g/mol. The van der Waals surface area contributed by atoms with Gasteiger partial charge in [0.2, 0.25) is 17.7 Å². The van der Waals surface area contributed by atoms with E-state index in [2.05, 4.69) is 21.2 Å². The Labute approximate surface area is 168 Å². The minimum absolute atomic E-state index is 0.00137. The van der Waals surface area contributed by atoms with E-state index in [4.69, 9.17) is 0 Å². The Bertz CT molecular complexity index is 731. The molecule has 0 aromatic heterocycles. The van der Waals surface area contributed by atoms with E-state index < -0.39 is 12.0 Å². The van der Waals surface area contributed by atoms with Crippen LogP contribution in [0.2, 0.25) is 0 Å². The number of rotatable bonds is 5. The van der Waals surface area contributed by atoms with E-state index in [0.29, 0.717) is 6.54 Å². The van der Waals surface area contributed by atoms with Gasteiger partial charge in [0.05, 0.1) is 11.6 Å². The fraction of sp³-hybridized carbons (Fsp3) is 0.550. The molecule has 1 N–H and O–H groups in total. The first-order chi connectivity index (χ1) is 12.9. The molecular weight excluding hydrogens is 410 g/mol. The van der Waals surface area contributed by atoms with Gasteiger partial charge in [-0.3, -0.25) is 14.4 Å². The lowest BCUT2D eigenvalue weighted by Gasteiger charge is -2.27. The number of nitrogens with one attached hydrogen (secondary N) is 1. The molecule has 0 aliphatic carbocycles. The summed E-state index contributed by atoms with van der Waals surface area (Å²) in [6.45, 7) is 5.72.